The van der Waals surface area contributed by atoms with E-state index in [2.05, 4.69) is 55.4 Å². The second kappa shape index (κ2) is 71.0. The number of carbonyl (C=O) groups is 4. The van der Waals surface area contributed by atoms with Crippen molar-refractivity contribution < 1.29 is 80.2 Å². The summed E-state index contributed by atoms with van der Waals surface area (Å²) in [6.45, 7) is 14.3. The van der Waals surface area contributed by atoms with Gasteiger partial charge in [-0.1, -0.05) is 370 Å². The summed E-state index contributed by atoms with van der Waals surface area (Å²) < 4.78 is 68.7. The first-order valence-corrected chi connectivity index (χ1v) is 45.2. The van der Waals surface area contributed by atoms with E-state index in [9.17, 15) is 43.2 Å². The summed E-state index contributed by atoms with van der Waals surface area (Å²) in [5.41, 5.74) is 0. The maximum atomic E-state index is 13.1. The van der Waals surface area contributed by atoms with Crippen LogP contribution in [0.15, 0.2) is 0 Å². The van der Waals surface area contributed by atoms with E-state index in [0.717, 1.165) is 120 Å². The second-order valence-electron chi connectivity index (χ2n) is 31.2. The van der Waals surface area contributed by atoms with E-state index in [0.29, 0.717) is 25.7 Å². The third-order valence-corrected chi connectivity index (χ3v) is 21.3. The Bertz CT molecular complexity index is 1970. The first kappa shape index (κ1) is 99.1. The molecule has 0 aromatic rings. The molecule has 0 saturated heterocycles. The highest BCUT2D eigenvalue weighted by atomic mass is 31.2. The topological polar surface area (TPSA) is 237 Å². The molecular formula is C82H160O17P2. The molecular weight excluding hydrogens is 1320 g/mol. The van der Waals surface area contributed by atoms with Crippen LogP contribution in [0.5, 0.6) is 0 Å². The zero-order valence-electron chi connectivity index (χ0n) is 66.5. The molecule has 0 amide bonds. The van der Waals surface area contributed by atoms with Gasteiger partial charge in [0.2, 0.25) is 0 Å². The Morgan fingerprint density at radius 1 is 0.277 bits per heavy atom. The molecule has 6 atom stereocenters. The van der Waals surface area contributed by atoms with E-state index in [-0.39, 0.29) is 25.7 Å². The lowest BCUT2D eigenvalue weighted by Crippen LogP contribution is -2.30. The van der Waals surface area contributed by atoms with E-state index in [1.54, 1.807) is 0 Å². The lowest BCUT2D eigenvalue weighted by atomic mass is 10.00. The van der Waals surface area contributed by atoms with Crippen LogP contribution >= 0.6 is 15.6 Å². The zero-order chi connectivity index (χ0) is 74.6. The number of rotatable bonds is 79. The van der Waals surface area contributed by atoms with Crippen molar-refractivity contribution in [1.82, 2.24) is 0 Å². The lowest BCUT2D eigenvalue weighted by Gasteiger charge is -2.21. The molecule has 3 unspecified atom stereocenters. The minimum atomic E-state index is -4.96. The van der Waals surface area contributed by atoms with Crippen LogP contribution in [0.4, 0.5) is 0 Å². The maximum absolute atomic E-state index is 13.1. The van der Waals surface area contributed by atoms with Gasteiger partial charge >= 0.3 is 39.5 Å². The number of carbonyl (C=O) groups excluding carboxylic acids is 4. The van der Waals surface area contributed by atoms with E-state index >= 15 is 0 Å². The SMILES string of the molecule is CCC(C)CCCCCCCCC(=O)OC[C@H](COP(=O)(O)OC[C@H](O)COP(=O)(O)OC[C@@H](COC(=O)CCCCCCCCCCCCCCCCCCC(C)C)OC(=O)CCCCCCCCCCCCCCCCCCC(C)C)OC(=O)CCCCCCCCCCCCC(C)C. The number of aliphatic hydroxyl groups is 1. The second-order valence-corrected chi connectivity index (χ2v) is 34.1. The van der Waals surface area contributed by atoms with Gasteiger partial charge in [0.1, 0.15) is 19.3 Å². The van der Waals surface area contributed by atoms with Crippen LogP contribution in [-0.2, 0) is 65.4 Å². The van der Waals surface area contributed by atoms with Crippen molar-refractivity contribution in [2.75, 3.05) is 39.6 Å². The molecule has 19 heteroatoms. The fourth-order valence-corrected chi connectivity index (χ4v) is 14.2. The van der Waals surface area contributed by atoms with Crippen LogP contribution in [0.1, 0.15) is 421 Å². The highest BCUT2D eigenvalue weighted by molar-refractivity contribution is 7.47. The van der Waals surface area contributed by atoms with E-state index in [1.165, 1.54) is 218 Å². The molecule has 0 radical (unpaired) electrons. The van der Waals surface area contributed by atoms with Crippen LogP contribution in [0.25, 0.3) is 0 Å². The molecule has 0 aliphatic carbocycles. The summed E-state index contributed by atoms with van der Waals surface area (Å²) in [7, 11) is -9.92. The van der Waals surface area contributed by atoms with Gasteiger partial charge in [-0.15, -0.1) is 0 Å². The molecule has 0 fully saturated rings. The Hall–Kier alpha value is -1.94. The molecule has 0 heterocycles. The number of phosphoric acid groups is 2. The minimum Gasteiger partial charge on any atom is -0.462 e. The molecule has 0 aliphatic rings. The summed E-state index contributed by atoms with van der Waals surface area (Å²) >= 11 is 0. The summed E-state index contributed by atoms with van der Waals surface area (Å²) in [5.74, 6) is 0.991. The lowest BCUT2D eigenvalue weighted by molar-refractivity contribution is -0.161. The van der Waals surface area contributed by atoms with Crippen molar-refractivity contribution in [2.45, 2.75) is 440 Å². The van der Waals surface area contributed by atoms with Gasteiger partial charge in [0.05, 0.1) is 26.4 Å². The highest BCUT2D eigenvalue weighted by Crippen LogP contribution is 2.45. The molecule has 0 saturated carbocycles. The standard InChI is InChI=1S/C82H160O17P2/c1-9-75(8)61-53-45-40-41-47-55-63-80(85)93-69-78(99-82(87)65-57-49-39-33-27-26-30-36-44-52-60-74(6)7)71-97-101(90,91)95-67-76(83)66-94-100(88,89)96-70-77(98-81(86)64-56-48-38-32-25-21-17-13-11-15-19-23-29-35-43-51-59-73(4)5)68-92-79(84)62-54-46-37-31-24-20-16-12-10-14-18-22-28-34-42-50-58-72(2)3/h72-78,83H,9-71H2,1-8H3,(H,88,89)(H,90,91)/t75?,76-,77-,78-/m1/s1. The maximum Gasteiger partial charge on any atom is 0.472 e. The minimum absolute atomic E-state index is 0.105. The van der Waals surface area contributed by atoms with Crippen molar-refractivity contribution in [3.63, 3.8) is 0 Å². The predicted octanol–water partition coefficient (Wildman–Crippen LogP) is 24.4. The van der Waals surface area contributed by atoms with E-state index in [4.69, 9.17) is 37.0 Å². The van der Waals surface area contributed by atoms with Crippen molar-refractivity contribution in [2.24, 2.45) is 23.7 Å². The Morgan fingerprint density at radius 2 is 0.475 bits per heavy atom. The van der Waals surface area contributed by atoms with Gasteiger partial charge in [-0.2, -0.15) is 0 Å². The normalized spacial score (nSPS) is 14.3. The first-order chi connectivity index (χ1) is 48.6. The predicted molar refractivity (Wildman–Crippen MR) is 414 cm³/mol. The number of phosphoric ester groups is 2. The van der Waals surface area contributed by atoms with Crippen LogP contribution in [-0.4, -0.2) is 96.7 Å². The number of hydrogen-bond donors (Lipinski definition) is 3. The Labute approximate surface area is 619 Å². The van der Waals surface area contributed by atoms with Gasteiger partial charge in [0, 0.05) is 25.7 Å². The molecule has 0 bridgehead atoms. The van der Waals surface area contributed by atoms with Crippen molar-refractivity contribution in [3.8, 4) is 0 Å². The van der Waals surface area contributed by atoms with Crippen molar-refractivity contribution in [3.05, 3.63) is 0 Å². The number of unbranched alkanes of at least 4 members (excludes halogenated alkanes) is 44. The number of hydrogen-bond acceptors (Lipinski definition) is 15. The van der Waals surface area contributed by atoms with Crippen molar-refractivity contribution in [1.29, 1.82) is 0 Å². The average Bonchev–Trinajstić information content (AvgIpc) is 0.921. The molecule has 17 nitrogen and oxygen atoms in total. The van der Waals surface area contributed by atoms with E-state index < -0.39 is 97.5 Å². The van der Waals surface area contributed by atoms with Crippen LogP contribution < -0.4 is 0 Å². The largest absolute Gasteiger partial charge is 0.472 e. The summed E-state index contributed by atoms with van der Waals surface area (Å²) in [5, 5.41) is 10.6. The molecule has 0 rings (SSSR count). The summed E-state index contributed by atoms with van der Waals surface area (Å²) in [4.78, 5) is 73.0. The molecule has 600 valence electrons. The quantitative estimate of drug-likeness (QED) is 0.0222. The van der Waals surface area contributed by atoms with Gasteiger partial charge in [0.25, 0.3) is 0 Å². The number of aliphatic hydroxyl groups excluding tert-OH is 1. The van der Waals surface area contributed by atoms with Gasteiger partial charge in [-0.05, 0) is 49.4 Å². The van der Waals surface area contributed by atoms with E-state index in [1.807, 2.05) is 0 Å². The summed E-state index contributed by atoms with van der Waals surface area (Å²) in [6, 6.07) is 0. The first-order valence-electron chi connectivity index (χ1n) is 42.2. The fraction of sp³-hybridized carbons (Fsp3) is 0.951. The van der Waals surface area contributed by atoms with Gasteiger partial charge in [-0.3, -0.25) is 37.3 Å². The van der Waals surface area contributed by atoms with Crippen LogP contribution in [0.2, 0.25) is 0 Å². The molecule has 0 spiro atoms. The van der Waals surface area contributed by atoms with Crippen LogP contribution in [0, 0.1) is 23.7 Å². The van der Waals surface area contributed by atoms with Gasteiger partial charge < -0.3 is 33.8 Å². The van der Waals surface area contributed by atoms with Crippen LogP contribution in [0.3, 0.4) is 0 Å². The average molecular weight is 1480 g/mol. The smallest absolute Gasteiger partial charge is 0.462 e. The van der Waals surface area contributed by atoms with Gasteiger partial charge in [0.15, 0.2) is 12.2 Å². The number of ether oxygens (including phenoxy) is 4. The Balaban J connectivity index is 5.24. The fourth-order valence-electron chi connectivity index (χ4n) is 12.6. The third-order valence-electron chi connectivity index (χ3n) is 19.4. The highest BCUT2D eigenvalue weighted by Gasteiger charge is 2.30. The third kappa shape index (κ3) is 74.7. The summed E-state index contributed by atoms with van der Waals surface area (Å²) in [6.07, 6.45) is 58.4. The molecule has 3 N–H and O–H groups in total. The van der Waals surface area contributed by atoms with Gasteiger partial charge in [-0.25, -0.2) is 9.13 Å². The monoisotopic (exact) mass is 1480 g/mol. The molecule has 101 heavy (non-hydrogen) atoms. The Morgan fingerprint density at radius 3 is 0.703 bits per heavy atom. The Kier molecular flexibility index (Phi) is 69.6. The molecule has 0 aromatic heterocycles. The molecule has 0 aromatic carbocycles. The van der Waals surface area contributed by atoms with Crippen molar-refractivity contribution >= 4 is 39.5 Å². The zero-order valence-corrected chi connectivity index (χ0v) is 68.3. The molecule has 0 aliphatic heterocycles. The number of esters is 4.